The third-order valence-corrected chi connectivity index (χ3v) is 3.61. The van der Waals surface area contributed by atoms with Crippen LogP contribution in [0.4, 0.5) is 11.4 Å². The Morgan fingerprint density at radius 2 is 1.96 bits per heavy atom. The molecule has 0 bridgehead atoms. The van der Waals surface area contributed by atoms with E-state index in [4.69, 9.17) is 16.3 Å². The summed E-state index contributed by atoms with van der Waals surface area (Å²) >= 11 is 6.15. The van der Waals surface area contributed by atoms with Crippen molar-refractivity contribution in [3.8, 4) is 0 Å². The molecule has 2 aromatic carbocycles. The zero-order chi connectivity index (χ0) is 16.7. The topological polar surface area (TPSA) is 36.9 Å². The Hall–Kier alpha value is -2.04. The maximum Gasteiger partial charge on any atom is 0.116 e. The van der Waals surface area contributed by atoms with E-state index in [1.807, 2.05) is 74.4 Å². The monoisotopic (exact) mass is 331 g/mol. The van der Waals surface area contributed by atoms with Gasteiger partial charge in [-0.05, 0) is 44.2 Å². The lowest BCUT2D eigenvalue weighted by Gasteiger charge is -2.17. The van der Waals surface area contributed by atoms with Gasteiger partial charge in [0.25, 0.3) is 0 Å². The Kier molecular flexibility index (Phi) is 6.44. The molecule has 0 saturated carbocycles. The molecule has 1 N–H and O–H groups in total. The predicted octanol–water partition coefficient (Wildman–Crippen LogP) is 4.61. The first kappa shape index (κ1) is 17.3. The van der Waals surface area contributed by atoms with Gasteiger partial charge in [0.1, 0.15) is 6.73 Å². The number of nitrogens with one attached hydrogen (secondary N) is 1. The number of hydrogen-bond acceptors (Lipinski definition) is 4. The molecule has 0 heterocycles. The molecular weight excluding hydrogens is 310 g/mol. The van der Waals surface area contributed by atoms with Crippen LogP contribution in [0.25, 0.3) is 0 Å². The number of benzene rings is 2. The van der Waals surface area contributed by atoms with Gasteiger partial charge in [-0.25, -0.2) is 0 Å². The van der Waals surface area contributed by atoms with Crippen LogP contribution in [0.1, 0.15) is 19.4 Å². The maximum atomic E-state index is 6.15. The van der Waals surface area contributed by atoms with Crippen molar-refractivity contribution in [3.05, 3.63) is 59.1 Å². The Morgan fingerprint density at radius 3 is 2.65 bits per heavy atom. The molecule has 5 heteroatoms. The molecule has 23 heavy (non-hydrogen) atoms. The van der Waals surface area contributed by atoms with Gasteiger partial charge in [-0.15, -0.1) is 0 Å². The number of hydrogen-bond donors (Lipinski definition) is 1. The number of anilines is 2. The normalized spacial score (nSPS) is 11.4. The molecule has 4 nitrogen and oxygen atoms in total. The van der Waals surface area contributed by atoms with Crippen LogP contribution in [0.3, 0.4) is 0 Å². The van der Waals surface area contributed by atoms with Crippen LogP contribution in [0.5, 0.6) is 0 Å². The minimum absolute atomic E-state index is 0.451. The van der Waals surface area contributed by atoms with Crippen molar-refractivity contribution in [3.63, 3.8) is 0 Å². The number of hydrazone groups is 1. The van der Waals surface area contributed by atoms with Gasteiger partial charge in [-0.3, -0.25) is 5.01 Å². The molecule has 0 aromatic heterocycles. The molecule has 0 atom stereocenters. The predicted molar refractivity (Wildman–Crippen MR) is 98.6 cm³/mol. The van der Waals surface area contributed by atoms with E-state index in [2.05, 4.69) is 10.4 Å². The van der Waals surface area contributed by atoms with Gasteiger partial charge in [0, 0.05) is 29.9 Å². The number of rotatable bonds is 7. The first-order chi connectivity index (χ1) is 11.1. The summed E-state index contributed by atoms with van der Waals surface area (Å²) in [7, 11) is 1.93. The molecule has 0 saturated heterocycles. The zero-order valence-electron chi connectivity index (χ0n) is 13.7. The smallest absolute Gasteiger partial charge is 0.116 e. The van der Waals surface area contributed by atoms with Gasteiger partial charge >= 0.3 is 0 Å². The third-order valence-electron chi connectivity index (χ3n) is 3.37. The van der Waals surface area contributed by atoms with Crippen LogP contribution in [-0.2, 0) is 4.74 Å². The molecule has 2 rings (SSSR count). The van der Waals surface area contributed by atoms with Crippen molar-refractivity contribution in [2.45, 2.75) is 13.8 Å². The van der Waals surface area contributed by atoms with Gasteiger partial charge in [0.05, 0.1) is 11.4 Å². The van der Waals surface area contributed by atoms with Gasteiger partial charge in [0.15, 0.2) is 0 Å². The van der Waals surface area contributed by atoms with E-state index in [9.17, 15) is 0 Å². The molecule has 0 fully saturated rings. The van der Waals surface area contributed by atoms with Crippen LogP contribution >= 0.6 is 11.6 Å². The fraction of sp³-hybridized carbons (Fsp3) is 0.278. The summed E-state index contributed by atoms with van der Waals surface area (Å²) in [5.41, 5.74) is 3.81. The maximum absolute atomic E-state index is 6.15. The lowest BCUT2D eigenvalue weighted by atomic mass is 10.1. The van der Waals surface area contributed by atoms with Gasteiger partial charge in [-0.1, -0.05) is 29.8 Å². The summed E-state index contributed by atoms with van der Waals surface area (Å²) in [6.07, 6.45) is 0. The van der Waals surface area contributed by atoms with E-state index >= 15 is 0 Å². The lowest BCUT2D eigenvalue weighted by molar-refractivity contribution is 0.167. The largest absolute Gasteiger partial charge is 0.362 e. The number of ether oxygens (including phenoxy) is 1. The standard InChI is InChI=1S/C18H22ClN3O/c1-4-23-13-20-18-11-10-15(19)12-17(18)14(2)21-22(3)16-8-6-5-7-9-16/h5-12,20H,4,13H2,1-3H3/b21-14+. The van der Waals surface area contributed by atoms with Gasteiger partial charge in [0.2, 0.25) is 0 Å². The van der Waals surface area contributed by atoms with Crippen LogP contribution in [0.15, 0.2) is 53.6 Å². The van der Waals surface area contributed by atoms with Gasteiger partial charge < -0.3 is 10.1 Å². The molecule has 0 aliphatic rings. The molecule has 0 radical (unpaired) electrons. The molecule has 0 spiro atoms. The van der Waals surface area contributed by atoms with Crippen LogP contribution in [-0.4, -0.2) is 26.1 Å². The highest BCUT2D eigenvalue weighted by molar-refractivity contribution is 6.31. The van der Waals surface area contributed by atoms with Crippen molar-refractivity contribution < 1.29 is 4.74 Å². The minimum Gasteiger partial charge on any atom is -0.362 e. The molecule has 2 aromatic rings. The first-order valence-electron chi connectivity index (χ1n) is 7.57. The Morgan fingerprint density at radius 1 is 1.22 bits per heavy atom. The highest BCUT2D eigenvalue weighted by Crippen LogP contribution is 2.22. The van der Waals surface area contributed by atoms with E-state index < -0.39 is 0 Å². The van der Waals surface area contributed by atoms with Gasteiger partial charge in [-0.2, -0.15) is 5.10 Å². The van der Waals surface area contributed by atoms with E-state index in [-0.39, 0.29) is 0 Å². The quantitative estimate of drug-likeness (QED) is 0.348. The molecule has 122 valence electrons. The van der Waals surface area contributed by atoms with Crippen molar-refractivity contribution in [1.29, 1.82) is 0 Å². The summed E-state index contributed by atoms with van der Waals surface area (Å²) in [5, 5.41) is 10.4. The Labute approximate surface area is 142 Å². The molecule has 0 unspecified atom stereocenters. The Balaban J connectivity index is 2.24. The fourth-order valence-electron chi connectivity index (χ4n) is 2.18. The number of nitrogens with zero attached hydrogens (tertiary/aromatic N) is 2. The summed E-state index contributed by atoms with van der Waals surface area (Å²) < 4.78 is 5.36. The third kappa shape index (κ3) is 4.98. The molecule has 0 aliphatic carbocycles. The summed E-state index contributed by atoms with van der Waals surface area (Å²) in [4.78, 5) is 0. The van der Waals surface area contributed by atoms with E-state index in [1.165, 1.54) is 0 Å². The molecular formula is C18H22ClN3O. The molecule has 0 amide bonds. The summed E-state index contributed by atoms with van der Waals surface area (Å²) in [5.74, 6) is 0. The van der Waals surface area contributed by atoms with Crippen molar-refractivity contribution in [1.82, 2.24) is 0 Å². The van der Waals surface area contributed by atoms with Crippen molar-refractivity contribution >= 4 is 28.7 Å². The highest BCUT2D eigenvalue weighted by atomic mass is 35.5. The summed E-state index contributed by atoms with van der Waals surface area (Å²) in [6, 6.07) is 15.7. The second kappa shape index (κ2) is 8.56. The average molecular weight is 332 g/mol. The van der Waals surface area contributed by atoms with Crippen LogP contribution in [0.2, 0.25) is 5.02 Å². The van der Waals surface area contributed by atoms with Crippen molar-refractivity contribution in [2.75, 3.05) is 30.7 Å². The molecule has 0 aliphatic heterocycles. The Bertz CT molecular complexity index is 659. The highest BCUT2D eigenvalue weighted by Gasteiger charge is 2.08. The second-order valence-electron chi connectivity index (χ2n) is 5.05. The first-order valence-corrected chi connectivity index (χ1v) is 7.95. The second-order valence-corrected chi connectivity index (χ2v) is 5.48. The minimum atomic E-state index is 0.451. The van der Waals surface area contributed by atoms with Crippen LogP contribution < -0.4 is 10.3 Å². The van der Waals surface area contributed by atoms with Crippen molar-refractivity contribution in [2.24, 2.45) is 5.10 Å². The number of para-hydroxylation sites is 1. The van der Waals surface area contributed by atoms with E-state index in [1.54, 1.807) is 0 Å². The summed E-state index contributed by atoms with van der Waals surface area (Å²) in [6.45, 7) is 5.05. The average Bonchev–Trinajstić information content (AvgIpc) is 2.57. The van der Waals surface area contributed by atoms with E-state index in [0.717, 1.165) is 22.6 Å². The zero-order valence-corrected chi connectivity index (χ0v) is 14.5. The van der Waals surface area contributed by atoms with E-state index in [0.29, 0.717) is 18.4 Å². The lowest BCUT2D eigenvalue weighted by Crippen LogP contribution is -2.14. The fourth-order valence-corrected chi connectivity index (χ4v) is 2.35. The van der Waals surface area contributed by atoms with Crippen LogP contribution in [0, 0.1) is 0 Å². The SMILES string of the molecule is CCOCNc1ccc(Cl)cc1/C(C)=N/N(C)c1ccccc1. The number of halogens is 1.